The van der Waals surface area contributed by atoms with Gasteiger partial charge in [-0.05, 0) is 49.8 Å². The van der Waals surface area contributed by atoms with E-state index in [2.05, 4.69) is 15.4 Å². The fraction of sp³-hybridized carbons (Fsp3) is 0.765. The van der Waals surface area contributed by atoms with E-state index < -0.39 is 0 Å². The number of nitrogens with one attached hydrogen (secondary N) is 1. The molecule has 2 saturated heterocycles. The highest BCUT2D eigenvalue weighted by Gasteiger charge is 2.32. The molecule has 1 aromatic rings. The molecule has 0 radical (unpaired) electrons. The Morgan fingerprint density at radius 1 is 1.39 bits per heavy atom. The number of rotatable bonds is 6. The van der Waals surface area contributed by atoms with Gasteiger partial charge in [-0.2, -0.15) is 0 Å². The van der Waals surface area contributed by atoms with Crippen molar-refractivity contribution in [2.45, 2.75) is 51.0 Å². The third-order valence-corrected chi connectivity index (χ3v) is 5.13. The van der Waals surface area contributed by atoms with Crippen LogP contribution in [0.5, 0.6) is 5.88 Å². The van der Waals surface area contributed by atoms with Crippen LogP contribution in [0.25, 0.3) is 0 Å². The molecule has 2 atom stereocenters. The van der Waals surface area contributed by atoms with E-state index in [1.807, 2.05) is 0 Å². The Kier molecular flexibility index (Phi) is 5.54. The minimum atomic E-state index is 0.0910. The summed E-state index contributed by atoms with van der Waals surface area (Å²) in [6.07, 6.45) is 7.44. The molecular weight excluding hydrogens is 294 g/mol. The third kappa shape index (κ3) is 4.25. The molecule has 2 aliphatic heterocycles. The number of hydrogen-bond acceptors (Lipinski definition) is 5. The largest absolute Gasteiger partial charge is 0.479 e. The Morgan fingerprint density at radius 2 is 2.26 bits per heavy atom. The number of fused-ring (bicyclic) bond motifs is 1. The van der Waals surface area contributed by atoms with Gasteiger partial charge in [-0.15, -0.1) is 0 Å². The van der Waals surface area contributed by atoms with Crippen LogP contribution >= 0.6 is 0 Å². The van der Waals surface area contributed by atoms with Gasteiger partial charge in [-0.25, -0.2) is 0 Å². The number of hydrogen-bond donors (Lipinski definition) is 1. The van der Waals surface area contributed by atoms with Gasteiger partial charge in [0.2, 0.25) is 5.91 Å². The van der Waals surface area contributed by atoms with E-state index in [1.54, 1.807) is 13.2 Å². The lowest BCUT2D eigenvalue weighted by molar-refractivity contribution is -0.121. The summed E-state index contributed by atoms with van der Waals surface area (Å²) in [5.74, 6) is 1.85. The van der Waals surface area contributed by atoms with Crippen molar-refractivity contribution < 1.29 is 14.1 Å². The molecule has 0 aromatic carbocycles. The summed E-state index contributed by atoms with van der Waals surface area (Å²) in [4.78, 5) is 14.7. The average Bonchev–Trinajstić information content (AvgIpc) is 3.06. The van der Waals surface area contributed by atoms with Crippen LogP contribution < -0.4 is 10.1 Å². The lowest BCUT2D eigenvalue weighted by Crippen LogP contribution is -2.51. The lowest BCUT2D eigenvalue weighted by Gasteiger charge is -2.44. The van der Waals surface area contributed by atoms with Crippen molar-refractivity contribution in [1.82, 2.24) is 15.4 Å². The van der Waals surface area contributed by atoms with Crippen LogP contribution in [-0.2, 0) is 11.2 Å². The summed E-state index contributed by atoms with van der Waals surface area (Å²) in [6, 6.07) is 2.41. The smallest absolute Gasteiger partial charge is 0.254 e. The number of aromatic nitrogens is 1. The monoisotopic (exact) mass is 321 g/mol. The van der Waals surface area contributed by atoms with Crippen LogP contribution in [0.4, 0.5) is 0 Å². The number of amides is 1. The van der Waals surface area contributed by atoms with E-state index in [0.29, 0.717) is 36.4 Å². The number of piperidine rings is 2. The molecule has 0 saturated carbocycles. The van der Waals surface area contributed by atoms with Crippen molar-refractivity contribution >= 4 is 5.91 Å². The van der Waals surface area contributed by atoms with Crippen molar-refractivity contribution in [2.75, 3.05) is 26.7 Å². The van der Waals surface area contributed by atoms with Gasteiger partial charge in [-0.1, -0.05) is 6.42 Å². The maximum atomic E-state index is 12.1. The minimum absolute atomic E-state index is 0.0910. The third-order valence-electron chi connectivity index (χ3n) is 5.13. The first kappa shape index (κ1) is 16.3. The zero-order valence-electron chi connectivity index (χ0n) is 13.9. The second-order valence-electron chi connectivity index (χ2n) is 6.64. The summed E-state index contributed by atoms with van der Waals surface area (Å²) < 4.78 is 10.1. The van der Waals surface area contributed by atoms with E-state index in [4.69, 9.17) is 9.26 Å². The predicted octanol–water partition coefficient (Wildman–Crippen LogP) is 2.00. The maximum Gasteiger partial charge on any atom is 0.254 e. The van der Waals surface area contributed by atoms with E-state index in [1.165, 1.54) is 45.2 Å². The molecule has 3 heterocycles. The van der Waals surface area contributed by atoms with Crippen molar-refractivity contribution in [2.24, 2.45) is 5.92 Å². The SMILES string of the molecule is COc1cc(CCC(=O)NC[C@H]2CCCN3CCCC[C@@H]23)on1. The van der Waals surface area contributed by atoms with E-state index in [9.17, 15) is 4.79 Å². The van der Waals surface area contributed by atoms with Crippen LogP contribution in [0.2, 0.25) is 0 Å². The molecule has 2 fully saturated rings. The summed E-state index contributed by atoms with van der Waals surface area (Å²) in [7, 11) is 1.55. The quantitative estimate of drug-likeness (QED) is 0.868. The highest BCUT2D eigenvalue weighted by molar-refractivity contribution is 5.76. The van der Waals surface area contributed by atoms with Gasteiger partial charge in [0.1, 0.15) is 5.76 Å². The molecular formula is C17H27N3O3. The first-order valence-electron chi connectivity index (χ1n) is 8.76. The van der Waals surface area contributed by atoms with Crippen molar-refractivity contribution in [1.29, 1.82) is 0 Å². The normalized spacial score (nSPS) is 24.9. The average molecular weight is 321 g/mol. The second kappa shape index (κ2) is 7.81. The molecule has 1 aromatic heterocycles. The van der Waals surface area contributed by atoms with Gasteiger partial charge in [0, 0.05) is 31.5 Å². The number of aryl methyl sites for hydroxylation is 1. The first-order chi connectivity index (χ1) is 11.3. The summed E-state index contributed by atoms with van der Waals surface area (Å²) in [5.41, 5.74) is 0. The Morgan fingerprint density at radius 3 is 3.09 bits per heavy atom. The molecule has 1 N–H and O–H groups in total. The standard InChI is InChI=1S/C17H27N3O3/c1-22-17-11-14(23-19-17)7-8-16(21)18-12-13-5-4-10-20-9-3-2-6-15(13)20/h11,13,15H,2-10,12H2,1H3,(H,18,21)/t13-,15+/m1/s1. The first-order valence-corrected chi connectivity index (χ1v) is 8.76. The second-order valence-corrected chi connectivity index (χ2v) is 6.64. The van der Waals surface area contributed by atoms with Gasteiger partial charge in [0.15, 0.2) is 0 Å². The van der Waals surface area contributed by atoms with Gasteiger partial charge >= 0.3 is 0 Å². The van der Waals surface area contributed by atoms with Crippen LogP contribution in [0, 0.1) is 5.92 Å². The fourth-order valence-corrected chi connectivity index (χ4v) is 3.89. The molecule has 128 valence electrons. The molecule has 3 rings (SSSR count). The number of methoxy groups -OCH3 is 1. The maximum absolute atomic E-state index is 12.1. The van der Waals surface area contributed by atoms with Crippen LogP contribution in [0.15, 0.2) is 10.6 Å². The Bertz CT molecular complexity index is 515. The molecule has 23 heavy (non-hydrogen) atoms. The van der Waals surface area contributed by atoms with Gasteiger partial charge in [0.05, 0.1) is 7.11 Å². The van der Waals surface area contributed by atoms with E-state index >= 15 is 0 Å². The van der Waals surface area contributed by atoms with Crippen molar-refractivity contribution in [3.8, 4) is 5.88 Å². The van der Waals surface area contributed by atoms with E-state index in [0.717, 1.165) is 6.54 Å². The lowest BCUT2D eigenvalue weighted by atomic mass is 9.83. The molecule has 2 aliphatic rings. The minimum Gasteiger partial charge on any atom is -0.479 e. The molecule has 0 aliphatic carbocycles. The van der Waals surface area contributed by atoms with Crippen LogP contribution in [-0.4, -0.2) is 48.7 Å². The number of ether oxygens (including phenoxy) is 1. The molecule has 0 bridgehead atoms. The zero-order valence-corrected chi connectivity index (χ0v) is 13.9. The summed E-state index contributed by atoms with van der Waals surface area (Å²) >= 11 is 0. The van der Waals surface area contributed by atoms with Crippen LogP contribution in [0.3, 0.4) is 0 Å². The van der Waals surface area contributed by atoms with E-state index in [-0.39, 0.29) is 5.91 Å². The Balaban J connectivity index is 1.41. The molecule has 1 amide bonds. The summed E-state index contributed by atoms with van der Waals surface area (Å²) in [6.45, 7) is 3.28. The zero-order chi connectivity index (χ0) is 16.1. The number of nitrogens with zero attached hydrogens (tertiary/aromatic N) is 2. The van der Waals surface area contributed by atoms with Crippen molar-refractivity contribution in [3.05, 3.63) is 11.8 Å². The Labute approximate surface area is 137 Å². The van der Waals surface area contributed by atoms with Crippen LogP contribution in [0.1, 0.15) is 44.3 Å². The fourth-order valence-electron chi connectivity index (χ4n) is 3.89. The highest BCUT2D eigenvalue weighted by atomic mass is 16.5. The topological polar surface area (TPSA) is 67.6 Å². The summed E-state index contributed by atoms with van der Waals surface area (Å²) in [5, 5.41) is 6.86. The predicted molar refractivity (Wildman–Crippen MR) is 86.3 cm³/mol. The van der Waals surface area contributed by atoms with Crippen molar-refractivity contribution in [3.63, 3.8) is 0 Å². The number of carbonyl (C=O) groups excluding carboxylic acids is 1. The van der Waals surface area contributed by atoms with Gasteiger partial charge in [0.25, 0.3) is 5.88 Å². The molecule has 0 unspecified atom stereocenters. The van der Waals surface area contributed by atoms with Gasteiger partial charge in [-0.3, -0.25) is 4.79 Å². The van der Waals surface area contributed by atoms with Gasteiger partial charge < -0.3 is 19.5 Å². The molecule has 0 spiro atoms. The molecule has 6 nitrogen and oxygen atoms in total. The highest BCUT2D eigenvalue weighted by Crippen LogP contribution is 2.30. The molecule has 6 heteroatoms. The number of carbonyl (C=O) groups is 1. The Hall–Kier alpha value is -1.56.